The number of carboxylic acid groups (broad SMARTS) is 1. The van der Waals surface area contributed by atoms with E-state index in [1.165, 1.54) is 0 Å². The van der Waals surface area contributed by atoms with Crippen LogP contribution in [-0.4, -0.2) is 16.2 Å². The van der Waals surface area contributed by atoms with Crippen LogP contribution in [0.2, 0.25) is 0 Å². The maximum Gasteiger partial charge on any atom is 0.419 e. The van der Waals surface area contributed by atoms with Crippen LogP contribution in [0.25, 0.3) is 0 Å². The van der Waals surface area contributed by atoms with E-state index < -0.39 is 40.9 Å². The topological polar surface area (TPSA) is 83.5 Å². The Kier molecular flexibility index (Phi) is 3.28. The first-order chi connectivity index (χ1) is 7.64. The zero-order chi connectivity index (χ0) is 13.4. The van der Waals surface area contributed by atoms with Crippen LogP contribution in [0.5, 0.6) is 0 Å². The van der Waals surface area contributed by atoms with Gasteiger partial charge in [-0.2, -0.15) is 13.2 Å². The number of aliphatic hydroxyl groups excluding tert-OH is 1. The Balaban J connectivity index is 3.39. The molecule has 0 aliphatic heterocycles. The van der Waals surface area contributed by atoms with Crippen LogP contribution in [0.3, 0.4) is 0 Å². The second-order valence-electron chi connectivity index (χ2n) is 3.20. The van der Waals surface area contributed by atoms with Crippen LogP contribution in [-0.2, 0) is 11.0 Å². The third kappa shape index (κ3) is 2.64. The summed E-state index contributed by atoms with van der Waals surface area (Å²) in [5, 5.41) is 17.5. The molecule has 1 rings (SSSR count). The summed E-state index contributed by atoms with van der Waals surface area (Å²) < 4.78 is 49.9. The van der Waals surface area contributed by atoms with Gasteiger partial charge in [-0.05, 0) is 12.1 Å². The monoisotopic (exact) mass is 253 g/mol. The second kappa shape index (κ2) is 4.21. The number of hydrogen-bond acceptors (Lipinski definition) is 3. The van der Waals surface area contributed by atoms with Crippen molar-refractivity contribution in [3.63, 3.8) is 0 Å². The van der Waals surface area contributed by atoms with Crippen molar-refractivity contribution >= 4 is 11.7 Å². The Bertz CT molecular complexity index is 458. The number of benzene rings is 1. The second-order valence-corrected chi connectivity index (χ2v) is 3.20. The van der Waals surface area contributed by atoms with Crippen LogP contribution >= 0.6 is 0 Å². The first-order valence-electron chi connectivity index (χ1n) is 4.21. The fraction of sp³-hybridized carbons (Fsp3) is 0.222. The summed E-state index contributed by atoms with van der Waals surface area (Å²) in [6.45, 7) is 0. The van der Waals surface area contributed by atoms with Crippen molar-refractivity contribution in [3.05, 3.63) is 29.1 Å². The highest BCUT2D eigenvalue weighted by atomic mass is 19.4. The Morgan fingerprint density at radius 3 is 2.29 bits per heavy atom. The molecule has 0 aliphatic carbocycles. The maximum absolute atomic E-state index is 13.0. The van der Waals surface area contributed by atoms with Crippen LogP contribution < -0.4 is 5.73 Å². The highest BCUT2D eigenvalue weighted by Gasteiger charge is 2.36. The molecule has 0 fully saturated rings. The van der Waals surface area contributed by atoms with Crippen LogP contribution in [0.1, 0.15) is 17.2 Å². The lowest BCUT2D eigenvalue weighted by Gasteiger charge is -2.14. The van der Waals surface area contributed by atoms with E-state index in [1.807, 2.05) is 0 Å². The number of anilines is 1. The molecule has 1 atom stereocenters. The summed E-state index contributed by atoms with van der Waals surface area (Å²) in [6.07, 6.45) is -7.23. The highest BCUT2D eigenvalue weighted by molar-refractivity contribution is 5.76. The molecule has 0 saturated heterocycles. The zero-order valence-electron chi connectivity index (χ0n) is 8.12. The molecule has 4 N–H and O–H groups in total. The number of rotatable bonds is 2. The molecular weight excluding hydrogens is 246 g/mol. The molecular formula is C9H7F4NO3. The van der Waals surface area contributed by atoms with E-state index in [4.69, 9.17) is 15.9 Å². The molecule has 0 spiro atoms. The normalized spacial score (nSPS) is 13.5. The molecule has 94 valence electrons. The molecule has 0 aliphatic rings. The van der Waals surface area contributed by atoms with Gasteiger partial charge in [-0.3, -0.25) is 0 Å². The van der Waals surface area contributed by atoms with E-state index in [2.05, 4.69) is 0 Å². The molecule has 0 radical (unpaired) electrons. The molecule has 0 amide bonds. The van der Waals surface area contributed by atoms with Gasteiger partial charge in [-0.1, -0.05) is 0 Å². The highest BCUT2D eigenvalue weighted by Crippen LogP contribution is 2.35. The van der Waals surface area contributed by atoms with Crippen LogP contribution in [0, 0.1) is 5.82 Å². The molecule has 1 aromatic rings. The van der Waals surface area contributed by atoms with Gasteiger partial charge in [-0.15, -0.1) is 0 Å². The minimum atomic E-state index is -5.00. The van der Waals surface area contributed by atoms with Crippen molar-refractivity contribution in [1.29, 1.82) is 0 Å². The Hall–Kier alpha value is -1.83. The van der Waals surface area contributed by atoms with Gasteiger partial charge < -0.3 is 15.9 Å². The number of nitrogen functional groups attached to an aromatic ring is 1. The van der Waals surface area contributed by atoms with Gasteiger partial charge in [0.2, 0.25) is 0 Å². The number of alkyl halides is 3. The SMILES string of the molecule is Nc1cc(F)c(C(F)(F)F)cc1C(O)C(=O)O. The number of hydrogen-bond donors (Lipinski definition) is 3. The van der Waals surface area contributed by atoms with Gasteiger partial charge in [0.15, 0.2) is 6.10 Å². The van der Waals surface area contributed by atoms with E-state index in [-0.39, 0.29) is 6.07 Å². The lowest BCUT2D eigenvalue weighted by atomic mass is 10.0. The Labute approximate surface area is 92.3 Å². The van der Waals surface area contributed by atoms with Crippen molar-refractivity contribution in [2.75, 3.05) is 5.73 Å². The van der Waals surface area contributed by atoms with Crippen molar-refractivity contribution in [1.82, 2.24) is 0 Å². The minimum Gasteiger partial charge on any atom is -0.479 e. The maximum atomic E-state index is 13.0. The quantitative estimate of drug-likeness (QED) is 0.551. The van der Waals surface area contributed by atoms with Crippen LogP contribution in [0.15, 0.2) is 12.1 Å². The number of nitrogens with two attached hydrogens (primary N) is 1. The molecule has 1 unspecified atom stereocenters. The van der Waals surface area contributed by atoms with Gasteiger partial charge >= 0.3 is 12.1 Å². The summed E-state index contributed by atoms with van der Waals surface area (Å²) in [5.74, 6) is -3.41. The summed E-state index contributed by atoms with van der Waals surface area (Å²) in [4.78, 5) is 10.4. The van der Waals surface area contributed by atoms with Gasteiger partial charge in [0.25, 0.3) is 0 Å². The van der Waals surface area contributed by atoms with Crippen molar-refractivity contribution < 1.29 is 32.6 Å². The predicted molar refractivity (Wildman–Crippen MR) is 48.4 cm³/mol. The number of aliphatic hydroxyl groups is 1. The van der Waals surface area contributed by atoms with Gasteiger partial charge in [0.1, 0.15) is 5.82 Å². The van der Waals surface area contributed by atoms with E-state index in [0.717, 1.165) is 0 Å². The summed E-state index contributed by atoms with van der Waals surface area (Å²) in [5.41, 5.74) is 2.20. The average molecular weight is 253 g/mol. The third-order valence-corrected chi connectivity index (χ3v) is 2.01. The molecule has 0 aromatic heterocycles. The first-order valence-corrected chi connectivity index (χ1v) is 4.21. The number of carboxylic acids is 1. The summed E-state index contributed by atoms with van der Waals surface area (Å²) in [6, 6.07) is 0.508. The lowest BCUT2D eigenvalue weighted by molar-refractivity contribution is -0.147. The average Bonchev–Trinajstić information content (AvgIpc) is 2.14. The van der Waals surface area contributed by atoms with Crippen molar-refractivity contribution in [2.45, 2.75) is 12.3 Å². The fourth-order valence-electron chi connectivity index (χ4n) is 1.19. The standard InChI is InChI=1S/C9H7F4NO3/c10-5-2-6(14)3(7(15)8(16)17)1-4(5)9(11,12)13/h1-2,7,15H,14H2,(H,16,17). The molecule has 0 heterocycles. The number of aliphatic carboxylic acids is 1. The van der Waals surface area contributed by atoms with Gasteiger partial charge in [-0.25, -0.2) is 9.18 Å². The smallest absolute Gasteiger partial charge is 0.419 e. The van der Waals surface area contributed by atoms with Crippen molar-refractivity contribution in [3.8, 4) is 0 Å². The van der Waals surface area contributed by atoms with Crippen LogP contribution in [0.4, 0.5) is 23.2 Å². The van der Waals surface area contributed by atoms with E-state index in [1.54, 1.807) is 0 Å². The molecule has 0 saturated carbocycles. The fourth-order valence-corrected chi connectivity index (χ4v) is 1.19. The third-order valence-electron chi connectivity index (χ3n) is 2.01. The van der Waals surface area contributed by atoms with Crippen molar-refractivity contribution in [2.24, 2.45) is 0 Å². The van der Waals surface area contributed by atoms with E-state index in [0.29, 0.717) is 6.07 Å². The zero-order valence-corrected chi connectivity index (χ0v) is 8.12. The Morgan fingerprint density at radius 1 is 1.35 bits per heavy atom. The molecule has 8 heteroatoms. The van der Waals surface area contributed by atoms with E-state index in [9.17, 15) is 22.4 Å². The lowest BCUT2D eigenvalue weighted by Crippen LogP contribution is -2.16. The molecule has 4 nitrogen and oxygen atoms in total. The van der Waals surface area contributed by atoms with Gasteiger partial charge in [0.05, 0.1) is 5.56 Å². The van der Waals surface area contributed by atoms with Gasteiger partial charge in [0, 0.05) is 11.3 Å². The number of halogens is 4. The first kappa shape index (κ1) is 13.2. The number of carbonyl (C=O) groups is 1. The Morgan fingerprint density at radius 2 is 1.88 bits per heavy atom. The predicted octanol–water partition coefficient (Wildman–Crippen LogP) is 1.54. The molecule has 17 heavy (non-hydrogen) atoms. The molecule has 0 bridgehead atoms. The summed E-state index contributed by atoms with van der Waals surface area (Å²) in [7, 11) is 0. The molecule has 1 aromatic carbocycles. The minimum absolute atomic E-state index is 0.184. The largest absolute Gasteiger partial charge is 0.479 e. The van der Waals surface area contributed by atoms with E-state index >= 15 is 0 Å². The summed E-state index contributed by atoms with van der Waals surface area (Å²) >= 11 is 0.